The number of carbonyl (C=O) groups is 2. The average Bonchev–Trinajstić information content (AvgIpc) is 3.64. The monoisotopic (exact) mass is 488 g/mol. The van der Waals surface area contributed by atoms with Crippen LogP contribution in [0.1, 0.15) is 76.7 Å². The van der Waals surface area contributed by atoms with Gasteiger partial charge in [-0.1, -0.05) is 12.8 Å². The smallest absolute Gasteiger partial charge is 0.342 e. The van der Waals surface area contributed by atoms with Gasteiger partial charge in [0.2, 0.25) is 15.8 Å². The lowest BCUT2D eigenvalue weighted by Crippen LogP contribution is -2.32. The minimum Gasteiger partial charge on any atom is -0.496 e. The van der Waals surface area contributed by atoms with Crippen molar-refractivity contribution >= 4 is 21.8 Å². The molecule has 1 aromatic carbocycles. The first kappa shape index (κ1) is 24.5. The standard InChI is InChI=1S/C25H32N2O6S/c1-17-14-21(18(2)27(17)19-8-9-19)23(28)16-33-25(29)22-15-20(10-11-24(22)32-3)34(30,31)26-12-6-4-5-7-13-26/h10-11,14-15,19H,4-9,12-13,16H2,1-3H3. The molecule has 8 nitrogen and oxygen atoms in total. The summed E-state index contributed by atoms with van der Waals surface area (Å²) in [5, 5.41) is 0. The highest BCUT2D eigenvalue weighted by atomic mass is 32.2. The number of rotatable bonds is 8. The molecule has 0 bridgehead atoms. The number of carbonyl (C=O) groups excluding carboxylic acids is 2. The summed E-state index contributed by atoms with van der Waals surface area (Å²) in [5.74, 6) is -0.894. The largest absolute Gasteiger partial charge is 0.496 e. The van der Waals surface area contributed by atoms with Crippen LogP contribution in [0.5, 0.6) is 5.75 Å². The molecule has 0 radical (unpaired) electrons. The van der Waals surface area contributed by atoms with E-state index in [1.807, 2.05) is 19.9 Å². The maximum atomic E-state index is 13.2. The van der Waals surface area contributed by atoms with Gasteiger partial charge in [0.15, 0.2) is 6.61 Å². The van der Waals surface area contributed by atoms with E-state index in [1.165, 1.54) is 29.6 Å². The Morgan fingerprint density at radius 3 is 2.29 bits per heavy atom. The second-order valence-electron chi connectivity index (χ2n) is 9.07. The summed E-state index contributed by atoms with van der Waals surface area (Å²) in [6.07, 6.45) is 5.85. The maximum absolute atomic E-state index is 13.2. The lowest BCUT2D eigenvalue weighted by atomic mass is 10.1. The fourth-order valence-electron chi connectivity index (χ4n) is 4.68. The molecule has 1 aliphatic heterocycles. The molecule has 1 saturated heterocycles. The Kier molecular flexibility index (Phi) is 7.14. The lowest BCUT2D eigenvalue weighted by Gasteiger charge is -2.20. The van der Waals surface area contributed by atoms with Gasteiger partial charge >= 0.3 is 5.97 Å². The third-order valence-corrected chi connectivity index (χ3v) is 8.52. The number of aromatic nitrogens is 1. The molecular weight excluding hydrogens is 456 g/mol. The number of nitrogens with zero attached hydrogens (tertiary/aromatic N) is 2. The molecular formula is C25H32N2O6S. The second-order valence-corrected chi connectivity index (χ2v) is 11.0. The van der Waals surface area contributed by atoms with Crippen molar-refractivity contribution in [3.05, 3.63) is 46.8 Å². The number of ether oxygens (including phenoxy) is 2. The highest BCUT2D eigenvalue weighted by Gasteiger charge is 2.30. The fourth-order valence-corrected chi connectivity index (χ4v) is 6.22. The second kappa shape index (κ2) is 9.92. The van der Waals surface area contributed by atoms with Gasteiger partial charge in [0.05, 0.1) is 12.0 Å². The molecule has 0 unspecified atom stereocenters. The number of esters is 1. The van der Waals surface area contributed by atoms with Gasteiger partial charge in [-0.05, 0) is 63.8 Å². The molecule has 0 atom stereocenters. The Morgan fingerprint density at radius 2 is 1.68 bits per heavy atom. The van der Waals surface area contributed by atoms with Gasteiger partial charge in [0.1, 0.15) is 11.3 Å². The van der Waals surface area contributed by atoms with E-state index in [-0.39, 0.29) is 22.0 Å². The molecule has 1 aliphatic carbocycles. The third-order valence-electron chi connectivity index (χ3n) is 6.62. The summed E-state index contributed by atoms with van der Waals surface area (Å²) in [5.41, 5.74) is 2.42. The fraction of sp³-hybridized carbons (Fsp3) is 0.520. The van der Waals surface area contributed by atoms with E-state index in [0.717, 1.165) is 49.9 Å². The van der Waals surface area contributed by atoms with Gasteiger partial charge in [0, 0.05) is 36.1 Å². The maximum Gasteiger partial charge on any atom is 0.342 e. The summed E-state index contributed by atoms with van der Waals surface area (Å²) in [6, 6.07) is 6.45. The van der Waals surface area contributed by atoms with Crippen LogP contribution in [0.4, 0.5) is 0 Å². The molecule has 2 fully saturated rings. The highest BCUT2D eigenvalue weighted by Crippen LogP contribution is 2.38. The van der Waals surface area contributed by atoms with Crippen molar-refractivity contribution in [3.63, 3.8) is 0 Å². The van der Waals surface area contributed by atoms with Crippen molar-refractivity contribution in [3.8, 4) is 5.75 Å². The zero-order valence-corrected chi connectivity index (χ0v) is 20.8. The predicted octanol–water partition coefficient (Wildman–Crippen LogP) is 4.05. The Balaban J connectivity index is 1.51. The molecule has 2 heterocycles. The van der Waals surface area contributed by atoms with Crippen LogP contribution >= 0.6 is 0 Å². The summed E-state index contributed by atoms with van der Waals surface area (Å²) in [4.78, 5) is 25.7. The normalized spacial score (nSPS) is 17.3. The number of Topliss-reactive ketones (excluding diaryl/α,β-unsaturated/α-hetero) is 1. The number of benzene rings is 1. The van der Waals surface area contributed by atoms with E-state index >= 15 is 0 Å². The van der Waals surface area contributed by atoms with E-state index in [4.69, 9.17) is 9.47 Å². The topological polar surface area (TPSA) is 94.9 Å². The minimum atomic E-state index is -3.75. The lowest BCUT2D eigenvalue weighted by molar-refractivity contribution is 0.0471. The zero-order valence-electron chi connectivity index (χ0n) is 20.0. The van der Waals surface area contributed by atoms with E-state index in [9.17, 15) is 18.0 Å². The first-order chi connectivity index (χ1) is 16.2. The third kappa shape index (κ3) is 4.90. The quantitative estimate of drug-likeness (QED) is 0.411. The molecule has 2 aromatic rings. The average molecular weight is 489 g/mol. The molecule has 9 heteroatoms. The van der Waals surface area contributed by atoms with Crippen molar-refractivity contribution in [1.82, 2.24) is 8.87 Å². The van der Waals surface area contributed by atoms with Gasteiger partial charge in [-0.3, -0.25) is 4.79 Å². The van der Waals surface area contributed by atoms with E-state index in [2.05, 4.69) is 4.57 Å². The number of hydrogen-bond acceptors (Lipinski definition) is 6. The first-order valence-corrected chi connectivity index (χ1v) is 13.2. The molecule has 0 spiro atoms. The molecule has 4 rings (SSSR count). The van der Waals surface area contributed by atoms with E-state index in [0.29, 0.717) is 24.7 Å². The molecule has 34 heavy (non-hydrogen) atoms. The molecule has 184 valence electrons. The minimum absolute atomic E-state index is 0.0152. The number of sulfonamides is 1. The van der Waals surface area contributed by atoms with Crippen LogP contribution in [0.2, 0.25) is 0 Å². The van der Waals surface area contributed by atoms with Crippen LogP contribution in [-0.2, 0) is 14.8 Å². The van der Waals surface area contributed by atoms with Crippen molar-refractivity contribution in [2.45, 2.75) is 63.3 Å². The molecule has 0 N–H and O–H groups in total. The van der Waals surface area contributed by atoms with Gasteiger partial charge in [-0.25, -0.2) is 13.2 Å². The number of ketones is 1. The van der Waals surface area contributed by atoms with Crippen LogP contribution in [0.3, 0.4) is 0 Å². The predicted molar refractivity (Wildman–Crippen MR) is 127 cm³/mol. The van der Waals surface area contributed by atoms with Crippen LogP contribution in [0.25, 0.3) is 0 Å². The van der Waals surface area contributed by atoms with Gasteiger partial charge in [0.25, 0.3) is 0 Å². The van der Waals surface area contributed by atoms with Crippen LogP contribution in [0.15, 0.2) is 29.2 Å². The van der Waals surface area contributed by atoms with Crippen molar-refractivity contribution in [2.75, 3.05) is 26.8 Å². The van der Waals surface area contributed by atoms with Gasteiger partial charge < -0.3 is 14.0 Å². The van der Waals surface area contributed by atoms with E-state index < -0.39 is 22.6 Å². The summed E-state index contributed by atoms with van der Waals surface area (Å²) in [6.45, 7) is 4.36. The van der Waals surface area contributed by atoms with Crippen LogP contribution in [0, 0.1) is 13.8 Å². The van der Waals surface area contributed by atoms with Gasteiger partial charge in [-0.2, -0.15) is 4.31 Å². The Hall–Kier alpha value is -2.65. The van der Waals surface area contributed by atoms with Crippen molar-refractivity contribution in [1.29, 1.82) is 0 Å². The van der Waals surface area contributed by atoms with Crippen LogP contribution < -0.4 is 4.74 Å². The first-order valence-electron chi connectivity index (χ1n) is 11.8. The Labute approximate surface area is 200 Å². The van der Waals surface area contributed by atoms with Crippen LogP contribution in [-0.4, -0.2) is 55.8 Å². The highest BCUT2D eigenvalue weighted by molar-refractivity contribution is 7.89. The Morgan fingerprint density at radius 1 is 1.00 bits per heavy atom. The summed E-state index contributed by atoms with van der Waals surface area (Å²) >= 11 is 0. The molecule has 2 aliphatic rings. The number of aryl methyl sites for hydroxylation is 1. The van der Waals surface area contributed by atoms with Crippen molar-refractivity contribution in [2.24, 2.45) is 0 Å². The Bertz CT molecular complexity index is 1190. The molecule has 0 amide bonds. The van der Waals surface area contributed by atoms with E-state index in [1.54, 1.807) is 0 Å². The summed E-state index contributed by atoms with van der Waals surface area (Å²) < 4.78 is 40.6. The van der Waals surface area contributed by atoms with Crippen molar-refractivity contribution < 1.29 is 27.5 Å². The zero-order chi connectivity index (χ0) is 24.5. The summed E-state index contributed by atoms with van der Waals surface area (Å²) in [7, 11) is -2.35. The number of methoxy groups -OCH3 is 1. The molecule has 1 aromatic heterocycles. The molecule has 1 saturated carbocycles. The number of hydrogen-bond donors (Lipinski definition) is 0. The van der Waals surface area contributed by atoms with Gasteiger partial charge in [-0.15, -0.1) is 0 Å². The SMILES string of the molecule is COc1ccc(S(=O)(=O)N2CCCCCC2)cc1C(=O)OCC(=O)c1cc(C)n(C2CC2)c1C.